The number of aromatic nitrogens is 2. The Labute approximate surface area is 167 Å². The zero-order valence-corrected chi connectivity index (χ0v) is 16.0. The van der Waals surface area contributed by atoms with Crippen LogP contribution in [0.15, 0.2) is 86.5 Å². The molecule has 5 aromatic rings. The molecule has 28 heavy (non-hydrogen) atoms. The smallest absolute Gasteiger partial charge is 0.154 e. The summed E-state index contributed by atoms with van der Waals surface area (Å²) in [4.78, 5) is 9.56. The van der Waals surface area contributed by atoms with Crippen molar-refractivity contribution >= 4 is 27.0 Å². The molecule has 0 aliphatic rings. The first-order valence-corrected chi connectivity index (χ1v) is 9.33. The Balaban J connectivity index is 1.77. The first kappa shape index (κ1) is 16.9. The third-order valence-corrected chi connectivity index (χ3v) is 5.05. The first-order chi connectivity index (χ1) is 13.7. The van der Waals surface area contributed by atoms with E-state index < -0.39 is 0 Å². The molecule has 3 heterocycles. The molecule has 0 radical (unpaired) electrons. The number of nitrogens with zero attached hydrogens (tertiary/aromatic N) is 2. The Kier molecular flexibility index (Phi) is 4.06. The average Bonchev–Trinajstić information content (AvgIpc) is 3.40. The average molecular weight is 435 g/mol. The van der Waals surface area contributed by atoms with Crippen LogP contribution in [0.3, 0.4) is 0 Å². The zero-order chi connectivity index (χ0) is 19.1. The molecule has 4 nitrogen and oxygen atoms in total. The summed E-state index contributed by atoms with van der Waals surface area (Å²) in [5.41, 5.74) is 4.12. The minimum atomic E-state index is -0.292. The van der Waals surface area contributed by atoms with Crippen LogP contribution >= 0.6 is 15.9 Å². The van der Waals surface area contributed by atoms with Crippen LogP contribution in [0.25, 0.3) is 45.1 Å². The van der Waals surface area contributed by atoms with Crippen LogP contribution in [-0.4, -0.2) is 9.97 Å². The maximum Gasteiger partial charge on any atom is 0.154 e. The number of rotatable bonds is 3. The monoisotopic (exact) mass is 434 g/mol. The van der Waals surface area contributed by atoms with E-state index in [1.165, 1.54) is 12.1 Å². The molecule has 0 spiro atoms. The molecule has 3 aromatic heterocycles. The molecule has 0 unspecified atom stereocenters. The molecule has 0 saturated carbocycles. The van der Waals surface area contributed by atoms with E-state index in [0.717, 1.165) is 15.6 Å². The summed E-state index contributed by atoms with van der Waals surface area (Å²) in [6, 6.07) is 17.5. The van der Waals surface area contributed by atoms with Gasteiger partial charge in [0.1, 0.15) is 17.2 Å². The van der Waals surface area contributed by atoms with E-state index in [9.17, 15) is 4.39 Å². The van der Waals surface area contributed by atoms with Crippen LogP contribution in [0.5, 0.6) is 0 Å². The van der Waals surface area contributed by atoms with Gasteiger partial charge < -0.3 is 8.83 Å². The minimum absolute atomic E-state index is 0.292. The summed E-state index contributed by atoms with van der Waals surface area (Å²) in [6.07, 6.45) is 3.18. The second kappa shape index (κ2) is 6.73. The molecule has 0 amide bonds. The van der Waals surface area contributed by atoms with Crippen molar-refractivity contribution in [2.24, 2.45) is 0 Å². The fraction of sp³-hybridized carbons (Fsp3) is 0. The summed E-state index contributed by atoms with van der Waals surface area (Å²) >= 11 is 3.58. The van der Waals surface area contributed by atoms with E-state index in [-0.39, 0.29) is 5.82 Å². The van der Waals surface area contributed by atoms with Crippen molar-refractivity contribution in [1.29, 1.82) is 0 Å². The van der Waals surface area contributed by atoms with E-state index in [1.54, 1.807) is 30.7 Å². The second-order valence-corrected chi connectivity index (χ2v) is 7.06. The third-order valence-electron chi connectivity index (χ3n) is 4.40. The summed E-state index contributed by atoms with van der Waals surface area (Å²) in [6.45, 7) is 0. The van der Waals surface area contributed by atoms with Crippen molar-refractivity contribution in [2.75, 3.05) is 0 Å². The highest BCUT2D eigenvalue weighted by molar-refractivity contribution is 9.10. The van der Waals surface area contributed by atoms with Crippen molar-refractivity contribution in [1.82, 2.24) is 9.97 Å². The van der Waals surface area contributed by atoms with Gasteiger partial charge in [-0.25, -0.2) is 14.4 Å². The van der Waals surface area contributed by atoms with Gasteiger partial charge in [-0.3, -0.25) is 0 Å². The highest BCUT2D eigenvalue weighted by Crippen LogP contribution is 2.36. The van der Waals surface area contributed by atoms with Crippen molar-refractivity contribution in [3.8, 4) is 34.0 Å². The molecule has 0 aliphatic carbocycles. The standard InChI is InChI=1S/C22H12BrFN2O2/c23-16-12-18-17(11-15(16)13-4-1-5-14(24)10-13)25-21(19-6-2-8-27-19)22(26-18)20-7-3-9-28-20/h1-12H. The SMILES string of the molecule is Fc1cccc(-c2cc3nc(-c4ccco4)c(-c4ccco4)nc3cc2Br)c1. The van der Waals surface area contributed by atoms with Crippen molar-refractivity contribution in [3.05, 3.63) is 83.5 Å². The number of furan rings is 2. The van der Waals surface area contributed by atoms with Gasteiger partial charge in [0.25, 0.3) is 0 Å². The van der Waals surface area contributed by atoms with E-state index in [2.05, 4.69) is 15.9 Å². The molecule has 136 valence electrons. The Bertz CT molecular complexity index is 1280. The van der Waals surface area contributed by atoms with Crippen molar-refractivity contribution in [2.45, 2.75) is 0 Å². The van der Waals surface area contributed by atoms with Crippen LogP contribution in [0, 0.1) is 5.82 Å². The maximum absolute atomic E-state index is 13.7. The van der Waals surface area contributed by atoms with E-state index in [4.69, 9.17) is 18.8 Å². The Morgan fingerprint density at radius 3 is 1.96 bits per heavy atom. The van der Waals surface area contributed by atoms with Crippen LogP contribution < -0.4 is 0 Å². The molecule has 0 bridgehead atoms. The van der Waals surface area contributed by atoms with Gasteiger partial charge in [-0.1, -0.05) is 28.1 Å². The molecular weight excluding hydrogens is 423 g/mol. The Morgan fingerprint density at radius 1 is 0.750 bits per heavy atom. The summed E-state index contributed by atoms with van der Waals surface area (Å²) in [7, 11) is 0. The molecule has 0 fully saturated rings. The highest BCUT2D eigenvalue weighted by atomic mass is 79.9. The summed E-state index contributed by atoms with van der Waals surface area (Å²) in [5, 5.41) is 0. The lowest BCUT2D eigenvalue weighted by molar-refractivity contribution is 0.572. The van der Waals surface area contributed by atoms with Crippen molar-refractivity contribution in [3.63, 3.8) is 0 Å². The van der Waals surface area contributed by atoms with Gasteiger partial charge in [-0.05, 0) is 59.7 Å². The quantitative estimate of drug-likeness (QED) is 0.316. The van der Waals surface area contributed by atoms with Gasteiger partial charge >= 0.3 is 0 Å². The number of benzene rings is 2. The largest absolute Gasteiger partial charge is 0.463 e. The first-order valence-electron chi connectivity index (χ1n) is 8.54. The summed E-state index contributed by atoms with van der Waals surface area (Å²) < 4.78 is 25.6. The topological polar surface area (TPSA) is 52.1 Å². The number of hydrogen-bond donors (Lipinski definition) is 0. The third kappa shape index (κ3) is 2.92. The van der Waals surface area contributed by atoms with Gasteiger partial charge in [0.05, 0.1) is 23.6 Å². The molecule has 0 aliphatic heterocycles. The molecule has 0 saturated heterocycles. The van der Waals surface area contributed by atoms with E-state index in [0.29, 0.717) is 33.9 Å². The molecule has 5 rings (SSSR count). The highest BCUT2D eigenvalue weighted by Gasteiger charge is 2.18. The van der Waals surface area contributed by atoms with E-state index >= 15 is 0 Å². The molecular formula is C22H12BrFN2O2. The van der Waals surface area contributed by atoms with Gasteiger partial charge in [0.15, 0.2) is 11.5 Å². The molecule has 0 N–H and O–H groups in total. The Hall–Kier alpha value is -3.25. The minimum Gasteiger partial charge on any atom is -0.463 e. The van der Waals surface area contributed by atoms with Crippen LogP contribution in [-0.2, 0) is 0 Å². The van der Waals surface area contributed by atoms with Gasteiger partial charge in [0.2, 0.25) is 0 Å². The van der Waals surface area contributed by atoms with Gasteiger partial charge in [-0.2, -0.15) is 0 Å². The Morgan fingerprint density at radius 2 is 1.39 bits per heavy atom. The molecule has 0 atom stereocenters. The molecule has 2 aromatic carbocycles. The predicted molar refractivity (Wildman–Crippen MR) is 108 cm³/mol. The van der Waals surface area contributed by atoms with E-state index in [1.807, 2.05) is 30.3 Å². The van der Waals surface area contributed by atoms with Gasteiger partial charge in [-0.15, -0.1) is 0 Å². The second-order valence-electron chi connectivity index (χ2n) is 6.21. The lowest BCUT2D eigenvalue weighted by Gasteiger charge is -2.10. The number of halogens is 2. The van der Waals surface area contributed by atoms with Crippen LogP contribution in [0.2, 0.25) is 0 Å². The predicted octanol–water partition coefficient (Wildman–Crippen LogP) is 6.72. The fourth-order valence-electron chi connectivity index (χ4n) is 3.12. The van der Waals surface area contributed by atoms with Crippen LogP contribution in [0.4, 0.5) is 4.39 Å². The number of hydrogen-bond acceptors (Lipinski definition) is 4. The van der Waals surface area contributed by atoms with Crippen molar-refractivity contribution < 1.29 is 13.2 Å². The van der Waals surface area contributed by atoms with Crippen LogP contribution in [0.1, 0.15) is 0 Å². The lowest BCUT2D eigenvalue weighted by Crippen LogP contribution is -1.95. The lowest BCUT2D eigenvalue weighted by atomic mass is 10.0. The fourth-order valence-corrected chi connectivity index (χ4v) is 3.68. The zero-order valence-electron chi connectivity index (χ0n) is 14.4. The number of fused-ring (bicyclic) bond motifs is 1. The maximum atomic E-state index is 13.7. The summed E-state index contributed by atoms with van der Waals surface area (Å²) in [5.74, 6) is 0.905. The molecule has 6 heteroatoms. The van der Waals surface area contributed by atoms with Gasteiger partial charge in [0, 0.05) is 4.47 Å². The normalized spacial score (nSPS) is 11.2.